The molecule has 0 saturated heterocycles. The van der Waals surface area contributed by atoms with Gasteiger partial charge < -0.3 is 14.4 Å². The van der Waals surface area contributed by atoms with Crippen LogP contribution in [0.15, 0.2) is 146 Å². The third-order valence-corrected chi connectivity index (χ3v) is 20.1. The molecule has 0 spiro atoms. The molecule has 7 aromatic rings. The minimum atomic E-state index is -0.0138. The van der Waals surface area contributed by atoms with E-state index in [4.69, 9.17) is 4.74 Å². The minimum Gasteiger partial charge on any atom is -0.453 e. The normalized spacial score (nSPS) is 29.1. The standard InChI is InChI=1S/C66H65BN2O/c1-40-28-44-24-26-65(36-40,38-42(44)3)47-23-22-46-30-54-57-35-51(68(49-14-7-5-8-15-49)50-16-9-6-10-17-50)34-56-52-18-13-21-61-64(52)69(59-19-11-12-20-60(59)70-61)67(63(56)57)58-33-48(32-55(62(54)58)53(46)31-47)66-27-25-45(43(4)39-66)29-41(2)37-66/h5-23,31-35,40-45,54H,24-30,36-39H2,1-4H3. The fourth-order valence-corrected chi connectivity index (χ4v) is 17.3. The molecule has 6 saturated carbocycles. The molecule has 7 aliphatic carbocycles. The number of benzene rings is 7. The van der Waals surface area contributed by atoms with Gasteiger partial charge in [0.25, 0.3) is 0 Å². The Kier molecular flexibility index (Phi) is 9.10. The Labute approximate surface area is 416 Å². The third-order valence-electron chi connectivity index (χ3n) is 20.1. The highest BCUT2D eigenvalue weighted by molar-refractivity contribution is 6.92. The Morgan fingerprint density at radius 1 is 0.557 bits per heavy atom. The summed E-state index contributed by atoms with van der Waals surface area (Å²) in [4.78, 5) is 5.23. The highest BCUT2D eigenvalue weighted by Crippen LogP contribution is 2.60. The van der Waals surface area contributed by atoms with Crippen molar-refractivity contribution in [3.63, 3.8) is 0 Å². The van der Waals surface area contributed by atoms with Gasteiger partial charge in [-0.2, -0.15) is 0 Å². The molecule has 9 atom stereocenters. The van der Waals surface area contributed by atoms with Gasteiger partial charge in [-0.15, -0.1) is 0 Å². The number of para-hydroxylation sites is 5. The highest BCUT2D eigenvalue weighted by Gasteiger charge is 2.53. The van der Waals surface area contributed by atoms with Crippen LogP contribution in [0.4, 0.5) is 28.4 Å². The van der Waals surface area contributed by atoms with E-state index < -0.39 is 0 Å². The molecule has 4 heteroatoms. The van der Waals surface area contributed by atoms with Crippen molar-refractivity contribution in [2.24, 2.45) is 35.5 Å². The van der Waals surface area contributed by atoms with Crippen molar-refractivity contribution in [3.8, 4) is 33.8 Å². The molecule has 7 aromatic carbocycles. The van der Waals surface area contributed by atoms with Gasteiger partial charge in [0.15, 0.2) is 5.75 Å². The van der Waals surface area contributed by atoms with E-state index in [2.05, 4.69) is 183 Å². The van der Waals surface area contributed by atoms with Gasteiger partial charge in [-0.25, -0.2) is 0 Å². The van der Waals surface area contributed by atoms with Crippen LogP contribution in [0.3, 0.4) is 0 Å². The van der Waals surface area contributed by atoms with E-state index in [1.54, 1.807) is 16.7 Å². The zero-order chi connectivity index (χ0) is 46.6. The summed E-state index contributed by atoms with van der Waals surface area (Å²) in [6.07, 6.45) is 14.4. The summed E-state index contributed by atoms with van der Waals surface area (Å²) in [5.41, 5.74) is 22.8. The number of nitrogens with zero attached hydrogens (tertiary/aromatic N) is 2. The van der Waals surface area contributed by atoms with E-state index in [9.17, 15) is 0 Å². The fourth-order valence-electron chi connectivity index (χ4n) is 17.3. The summed E-state index contributed by atoms with van der Waals surface area (Å²) >= 11 is 0. The fraction of sp³-hybridized carbons (Fsp3) is 0.364. The van der Waals surface area contributed by atoms with E-state index in [0.29, 0.717) is 0 Å². The molecule has 4 bridgehead atoms. The van der Waals surface area contributed by atoms with E-state index in [1.807, 2.05) is 0 Å². The number of hydrogen-bond donors (Lipinski definition) is 0. The average molecular weight is 913 g/mol. The largest absolute Gasteiger partial charge is 0.453 e. The maximum atomic E-state index is 6.97. The van der Waals surface area contributed by atoms with Crippen LogP contribution in [-0.4, -0.2) is 6.85 Å². The van der Waals surface area contributed by atoms with Crippen molar-refractivity contribution in [3.05, 3.63) is 173 Å². The average Bonchev–Trinajstić information content (AvgIpc) is 3.78. The van der Waals surface area contributed by atoms with Gasteiger partial charge in [-0.05, 0) is 227 Å². The topological polar surface area (TPSA) is 15.7 Å². The molecule has 6 fully saturated rings. The Morgan fingerprint density at radius 3 is 1.90 bits per heavy atom. The predicted molar refractivity (Wildman–Crippen MR) is 291 cm³/mol. The van der Waals surface area contributed by atoms with Crippen LogP contribution in [0.25, 0.3) is 22.3 Å². The van der Waals surface area contributed by atoms with Crippen molar-refractivity contribution in [1.82, 2.24) is 0 Å². The molecule has 9 unspecified atom stereocenters. The van der Waals surface area contributed by atoms with Crippen molar-refractivity contribution >= 4 is 46.2 Å². The molecule has 10 aliphatic rings. The van der Waals surface area contributed by atoms with E-state index >= 15 is 0 Å². The van der Waals surface area contributed by atoms with Gasteiger partial charge in [0.2, 0.25) is 0 Å². The molecule has 0 radical (unpaired) electrons. The molecule has 0 amide bonds. The summed E-state index contributed by atoms with van der Waals surface area (Å²) < 4.78 is 6.97. The molecule has 0 N–H and O–H groups in total. The lowest BCUT2D eigenvalue weighted by molar-refractivity contribution is 0.186. The van der Waals surface area contributed by atoms with Crippen LogP contribution in [0.5, 0.6) is 11.5 Å². The maximum Gasteiger partial charge on any atom is 0.329 e. The first kappa shape index (κ1) is 41.8. The van der Waals surface area contributed by atoms with E-state index in [-0.39, 0.29) is 23.6 Å². The van der Waals surface area contributed by atoms with Gasteiger partial charge in [0.1, 0.15) is 5.75 Å². The Hall–Kier alpha value is -6.00. The van der Waals surface area contributed by atoms with Crippen LogP contribution in [0.1, 0.15) is 126 Å². The summed E-state index contributed by atoms with van der Waals surface area (Å²) in [5.74, 6) is 6.85. The number of anilines is 5. The summed E-state index contributed by atoms with van der Waals surface area (Å²) in [6.45, 7) is 10.3. The Morgan fingerprint density at radius 2 is 1.20 bits per heavy atom. The number of ether oxygens (including phenoxy) is 1. The first-order valence-electron chi connectivity index (χ1n) is 27.3. The van der Waals surface area contributed by atoms with Crippen LogP contribution in [0, 0.1) is 35.5 Å². The van der Waals surface area contributed by atoms with Crippen molar-refractivity contribution in [2.75, 3.05) is 9.71 Å². The molecule has 3 aliphatic heterocycles. The summed E-state index contributed by atoms with van der Waals surface area (Å²) in [7, 11) is 0. The lowest BCUT2D eigenvalue weighted by atomic mass is 9.38. The monoisotopic (exact) mass is 913 g/mol. The Balaban J connectivity index is 1.03. The molecule has 3 heterocycles. The van der Waals surface area contributed by atoms with Crippen molar-refractivity contribution in [1.29, 1.82) is 0 Å². The van der Waals surface area contributed by atoms with Gasteiger partial charge in [-0.3, -0.25) is 0 Å². The second kappa shape index (κ2) is 15.3. The Bertz CT molecular complexity index is 3220. The van der Waals surface area contributed by atoms with E-state index in [0.717, 1.165) is 53.4 Å². The zero-order valence-electron chi connectivity index (χ0n) is 41.6. The lowest BCUT2D eigenvalue weighted by Crippen LogP contribution is -2.63. The predicted octanol–water partition coefficient (Wildman–Crippen LogP) is 16.1. The highest BCUT2D eigenvalue weighted by atomic mass is 16.5. The summed E-state index contributed by atoms with van der Waals surface area (Å²) in [5, 5.41) is 0. The molecule has 0 aromatic heterocycles. The molecular weight excluding hydrogens is 848 g/mol. The second-order valence-electron chi connectivity index (χ2n) is 24.3. The smallest absolute Gasteiger partial charge is 0.329 e. The van der Waals surface area contributed by atoms with Gasteiger partial charge in [0.05, 0.1) is 11.4 Å². The quantitative estimate of drug-likeness (QED) is 0.160. The van der Waals surface area contributed by atoms with Crippen LogP contribution < -0.4 is 25.4 Å². The molecule has 17 rings (SSSR count). The van der Waals surface area contributed by atoms with Crippen molar-refractivity contribution in [2.45, 2.75) is 115 Å². The number of fused-ring (bicyclic) bond motifs is 16. The molecular formula is C66H65BN2O. The first-order valence-corrected chi connectivity index (χ1v) is 27.3. The SMILES string of the molecule is CC1CC2CCC(c3ccc4c(c3)-c3cc(C56CCC(CC(C)C5)C(C)C6)cc5c3C(C4)c3cc(N(c4ccccc4)c4ccccc4)cc4c3B5N3c5ccccc5Oc5cccc-4c53)(C1)CC2C. The van der Waals surface area contributed by atoms with Crippen LogP contribution in [-0.2, 0) is 17.3 Å². The summed E-state index contributed by atoms with van der Waals surface area (Å²) in [6, 6.07) is 56.6. The van der Waals surface area contributed by atoms with E-state index in [1.165, 1.54) is 137 Å². The van der Waals surface area contributed by atoms with Crippen molar-refractivity contribution < 1.29 is 4.74 Å². The molecule has 70 heavy (non-hydrogen) atoms. The lowest BCUT2D eigenvalue weighted by Gasteiger charge is -2.49. The third kappa shape index (κ3) is 6.01. The number of hydrogen-bond acceptors (Lipinski definition) is 3. The van der Waals surface area contributed by atoms with Gasteiger partial charge in [-0.1, -0.05) is 119 Å². The van der Waals surface area contributed by atoms with Gasteiger partial charge >= 0.3 is 6.85 Å². The van der Waals surface area contributed by atoms with Gasteiger partial charge in [0, 0.05) is 28.5 Å². The van der Waals surface area contributed by atoms with Crippen LogP contribution in [0.2, 0.25) is 0 Å². The first-order chi connectivity index (χ1) is 34.2. The maximum absolute atomic E-state index is 6.97. The minimum absolute atomic E-state index is 0.0138. The molecule has 348 valence electrons. The number of rotatable bonds is 5. The van der Waals surface area contributed by atoms with Crippen LogP contribution >= 0.6 is 0 Å². The molecule has 3 nitrogen and oxygen atoms in total. The zero-order valence-corrected chi connectivity index (χ0v) is 41.6. The second-order valence-corrected chi connectivity index (χ2v) is 24.3.